The van der Waals surface area contributed by atoms with Crippen molar-refractivity contribution in [2.45, 2.75) is 25.5 Å². The number of hydrogen-bond donors (Lipinski definition) is 1. The molecule has 4 rings (SSSR count). The lowest BCUT2D eigenvalue weighted by Crippen LogP contribution is -2.15. The molecule has 0 radical (unpaired) electrons. The second-order valence-corrected chi connectivity index (χ2v) is 7.61. The third-order valence-electron chi connectivity index (χ3n) is 4.70. The quantitative estimate of drug-likeness (QED) is 0.598. The van der Waals surface area contributed by atoms with Gasteiger partial charge in [-0.05, 0) is 49.7 Å². The molecule has 8 heteroatoms. The molecule has 1 N–H and O–H groups in total. The van der Waals surface area contributed by atoms with Gasteiger partial charge in [-0.1, -0.05) is 30.0 Å². The highest BCUT2D eigenvalue weighted by molar-refractivity contribution is 7.99. The van der Waals surface area contributed by atoms with Crippen molar-refractivity contribution in [1.82, 2.24) is 14.8 Å². The first-order valence-electron chi connectivity index (χ1n) is 9.57. The molecule has 0 saturated carbocycles. The molecule has 29 heavy (non-hydrogen) atoms. The summed E-state index contributed by atoms with van der Waals surface area (Å²) in [5, 5.41) is 12.3. The number of carbonyl (C=O) groups excluding carboxylic acids is 1. The minimum Gasteiger partial charge on any atom is -0.494 e. The summed E-state index contributed by atoms with van der Waals surface area (Å²) in [6, 6.07) is 15.7. The van der Waals surface area contributed by atoms with Gasteiger partial charge in [-0.15, -0.1) is 10.2 Å². The topological polar surface area (TPSA) is 72.3 Å². The van der Waals surface area contributed by atoms with Gasteiger partial charge in [0.15, 0.2) is 5.16 Å². The highest BCUT2D eigenvalue weighted by Crippen LogP contribution is 2.32. The number of aromatic nitrogens is 3. The Bertz CT molecular complexity index is 1000. The van der Waals surface area contributed by atoms with E-state index in [0.29, 0.717) is 6.61 Å². The zero-order valence-corrected chi connectivity index (χ0v) is 17.3. The summed E-state index contributed by atoms with van der Waals surface area (Å²) < 4.78 is 7.57. The number of carbonyl (C=O) groups is 1. The maximum absolute atomic E-state index is 12.3. The third kappa shape index (κ3) is 4.22. The van der Waals surface area contributed by atoms with Gasteiger partial charge in [-0.25, -0.2) is 0 Å². The van der Waals surface area contributed by atoms with Gasteiger partial charge in [0.2, 0.25) is 11.9 Å². The standard InChI is InChI=1S/C21H23N5O2S/c1-3-28-17-10-8-16(9-11-17)25-12-13-26-20(25)23-24-21(26)29-14-19(27)22-18-7-5-4-6-15(18)2/h4-11H,3,12-14H2,1-2H3,(H,22,27). The van der Waals surface area contributed by atoms with Crippen LogP contribution in [0.2, 0.25) is 0 Å². The first-order valence-corrected chi connectivity index (χ1v) is 10.6. The molecule has 0 atom stereocenters. The lowest BCUT2D eigenvalue weighted by Gasteiger charge is -2.15. The molecule has 2 heterocycles. The summed E-state index contributed by atoms with van der Waals surface area (Å²) in [4.78, 5) is 14.4. The van der Waals surface area contributed by atoms with E-state index in [9.17, 15) is 4.79 Å². The Labute approximate surface area is 174 Å². The highest BCUT2D eigenvalue weighted by Gasteiger charge is 2.26. The maximum atomic E-state index is 12.3. The smallest absolute Gasteiger partial charge is 0.234 e. The zero-order chi connectivity index (χ0) is 20.2. The van der Waals surface area contributed by atoms with Gasteiger partial charge in [-0.2, -0.15) is 0 Å². The van der Waals surface area contributed by atoms with E-state index in [-0.39, 0.29) is 11.7 Å². The number of ether oxygens (including phenoxy) is 1. The van der Waals surface area contributed by atoms with Gasteiger partial charge < -0.3 is 15.0 Å². The second kappa shape index (κ2) is 8.57. The number of amides is 1. The van der Waals surface area contributed by atoms with Crippen LogP contribution in [0.5, 0.6) is 5.75 Å². The third-order valence-corrected chi connectivity index (χ3v) is 5.66. The Hall–Kier alpha value is -3.00. The first kappa shape index (κ1) is 19.3. The number of thioether (sulfide) groups is 1. The van der Waals surface area contributed by atoms with Gasteiger partial charge in [0, 0.05) is 24.5 Å². The van der Waals surface area contributed by atoms with Gasteiger partial charge in [-0.3, -0.25) is 9.36 Å². The Balaban J connectivity index is 1.40. The van der Waals surface area contributed by atoms with E-state index in [1.165, 1.54) is 11.8 Å². The predicted octanol–water partition coefficient (Wildman–Crippen LogP) is 3.87. The van der Waals surface area contributed by atoms with Crippen molar-refractivity contribution >= 4 is 35.0 Å². The first-order chi connectivity index (χ1) is 14.2. The fraction of sp³-hybridized carbons (Fsp3) is 0.286. The van der Waals surface area contributed by atoms with E-state index in [2.05, 4.69) is 25.0 Å². The molecule has 0 aliphatic carbocycles. The van der Waals surface area contributed by atoms with Crippen LogP contribution in [0.15, 0.2) is 53.7 Å². The Morgan fingerprint density at radius 2 is 1.93 bits per heavy atom. The van der Waals surface area contributed by atoms with Crippen LogP contribution in [-0.2, 0) is 11.3 Å². The normalized spacial score (nSPS) is 12.7. The molecular formula is C21H23N5O2S. The summed E-state index contributed by atoms with van der Waals surface area (Å²) in [7, 11) is 0. The maximum Gasteiger partial charge on any atom is 0.234 e. The lowest BCUT2D eigenvalue weighted by molar-refractivity contribution is -0.113. The van der Waals surface area contributed by atoms with E-state index in [4.69, 9.17) is 4.74 Å². The number of rotatable bonds is 7. The van der Waals surface area contributed by atoms with Crippen molar-refractivity contribution in [2.24, 2.45) is 0 Å². The van der Waals surface area contributed by atoms with Crippen LogP contribution in [0, 0.1) is 6.92 Å². The number of para-hydroxylation sites is 1. The van der Waals surface area contributed by atoms with Crippen molar-refractivity contribution in [1.29, 1.82) is 0 Å². The van der Waals surface area contributed by atoms with Crippen molar-refractivity contribution in [2.75, 3.05) is 29.1 Å². The molecule has 0 spiro atoms. The summed E-state index contributed by atoms with van der Waals surface area (Å²) >= 11 is 1.40. The molecule has 0 bridgehead atoms. The summed E-state index contributed by atoms with van der Waals surface area (Å²) in [5.41, 5.74) is 2.93. The van der Waals surface area contributed by atoms with Crippen molar-refractivity contribution in [3.63, 3.8) is 0 Å². The van der Waals surface area contributed by atoms with Gasteiger partial charge in [0.1, 0.15) is 5.75 Å². The van der Waals surface area contributed by atoms with E-state index in [1.54, 1.807) is 0 Å². The highest BCUT2D eigenvalue weighted by atomic mass is 32.2. The molecular weight excluding hydrogens is 386 g/mol. The summed E-state index contributed by atoms with van der Waals surface area (Å²) in [6.07, 6.45) is 0. The average Bonchev–Trinajstić information content (AvgIpc) is 3.31. The molecule has 1 aromatic heterocycles. The number of nitrogens with one attached hydrogen (secondary N) is 1. The van der Waals surface area contributed by atoms with Crippen molar-refractivity contribution in [3.05, 3.63) is 54.1 Å². The van der Waals surface area contributed by atoms with E-state index >= 15 is 0 Å². The monoisotopic (exact) mass is 409 g/mol. The Morgan fingerprint density at radius 1 is 1.14 bits per heavy atom. The van der Waals surface area contributed by atoms with Gasteiger partial charge >= 0.3 is 0 Å². The molecule has 3 aromatic rings. The van der Waals surface area contributed by atoms with Crippen LogP contribution in [0.25, 0.3) is 0 Å². The summed E-state index contributed by atoms with van der Waals surface area (Å²) in [6.45, 7) is 6.20. The van der Waals surface area contributed by atoms with Crippen LogP contribution >= 0.6 is 11.8 Å². The number of nitrogens with zero attached hydrogens (tertiary/aromatic N) is 4. The van der Waals surface area contributed by atoms with Gasteiger partial charge in [0.05, 0.1) is 12.4 Å². The molecule has 0 unspecified atom stereocenters. The zero-order valence-electron chi connectivity index (χ0n) is 16.5. The Morgan fingerprint density at radius 3 is 2.69 bits per heavy atom. The number of hydrogen-bond acceptors (Lipinski definition) is 6. The van der Waals surface area contributed by atoms with Crippen LogP contribution in [0.1, 0.15) is 12.5 Å². The van der Waals surface area contributed by atoms with E-state index in [1.807, 2.05) is 62.4 Å². The molecule has 1 aliphatic rings. The van der Waals surface area contributed by atoms with E-state index in [0.717, 1.165) is 46.9 Å². The average molecular weight is 410 g/mol. The number of anilines is 3. The minimum absolute atomic E-state index is 0.0528. The largest absolute Gasteiger partial charge is 0.494 e. The second-order valence-electron chi connectivity index (χ2n) is 6.66. The molecule has 150 valence electrons. The van der Waals surface area contributed by atoms with Crippen LogP contribution < -0.4 is 15.0 Å². The fourth-order valence-electron chi connectivity index (χ4n) is 3.25. The molecule has 1 aliphatic heterocycles. The molecule has 2 aromatic carbocycles. The van der Waals surface area contributed by atoms with Crippen molar-refractivity contribution in [3.8, 4) is 5.75 Å². The van der Waals surface area contributed by atoms with Crippen LogP contribution in [0.3, 0.4) is 0 Å². The van der Waals surface area contributed by atoms with Crippen LogP contribution in [0.4, 0.5) is 17.3 Å². The number of fused-ring (bicyclic) bond motifs is 1. The van der Waals surface area contributed by atoms with E-state index < -0.39 is 0 Å². The van der Waals surface area contributed by atoms with Gasteiger partial charge in [0.25, 0.3) is 0 Å². The van der Waals surface area contributed by atoms with Crippen molar-refractivity contribution < 1.29 is 9.53 Å². The number of aryl methyl sites for hydroxylation is 1. The SMILES string of the molecule is CCOc1ccc(N2CCn3c(SCC(=O)Nc4ccccc4C)nnc32)cc1. The molecule has 7 nitrogen and oxygen atoms in total. The summed E-state index contributed by atoms with van der Waals surface area (Å²) in [5.74, 6) is 1.89. The van der Waals surface area contributed by atoms with Crippen LogP contribution in [-0.4, -0.2) is 39.6 Å². The minimum atomic E-state index is -0.0528. The predicted molar refractivity (Wildman–Crippen MR) is 115 cm³/mol. The fourth-order valence-corrected chi connectivity index (χ4v) is 4.01. The Kier molecular flexibility index (Phi) is 5.71. The molecule has 0 fully saturated rings. The molecule has 0 saturated heterocycles. The lowest BCUT2D eigenvalue weighted by atomic mass is 10.2. The molecule has 1 amide bonds. The number of benzene rings is 2.